The van der Waals surface area contributed by atoms with Gasteiger partial charge in [0.2, 0.25) is 0 Å². The lowest BCUT2D eigenvalue weighted by Crippen LogP contribution is -2.37. The number of hydrogen-bond donors (Lipinski definition) is 2. The first-order valence-electron chi connectivity index (χ1n) is 10.3. The summed E-state index contributed by atoms with van der Waals surface area (Å²) in [6.07, 6.45) is 1.83. The summed E-state index contributed by atoms with van der Waals surface area (Å²) in [6, 6.07) is 28.3. The van der Waals surface area contributed by atoms with E-state index < -0.39 is 19.3 Å². The number of carbonyl (C=O) groups is 1. The lowest BCUT2D eigenvalue weighted by molar-refractivity contribution is -0.138. The third kappa shape index (κ3) is 4.26. The second-order valence-electron chi connectivity index (χ2n) is 7.85. The van der Waals surface area contributed by atoms with Crippen LogP contribution in [0.3, 0.4) is 0 Å². The van der Waals surface area contributed by atoms with Crippen molar-refractivity contribution in [3.63, 3.8) is 0 Å². The van der Waals surface area contributed by atoms with Crippen molar-refractivity contribution in [3.05, 3.63) is 108 Å². The Labute approximate surface area is 177 Å². The highest BCUT2D eigenvalue weighted by Crippen LogP contribution is 2.74. The topological polar surface area (TPSA) is 66.4 Å². The van der Waals surface area contributed by atoms with E-state index in [1.807, 2.05) is 91.0 Å². The number of rotatable bonds is 7. The van der Waals surface area contributed by atoms with Gasteiger partial charge < -0.3 is 9.67 Å². The Hall–Kier alpha value is -2.68. The largest absolute Gasteiger partial charge is 0.480 e. The number of benzene rings is 3. The highest BCUT2D eigenvalue weighted by molar-refractivity contribution is 7.63. The van der Waals surface area contributed by atoms with Gasteiger partial charge in [-0.2, -0.15) is 0 Å². The fraction of sp³-hybridized carbons (Fsp3) is 0.240. The molecule has 2 N–H and O–H groups in total. The Bertz CT molecular complexity index is 973. The third-order valence-electron chi connectivity index (χ3n) is 5.95. The highest BCUT2D eigenvalue weighted by atomic mass is 31.2. The van der Waals surface area contributed by atoms with Crippen molar-refractivity contribution in [2.24, 2.45) is 0 Å². The molecule has 30 heavy (non-hydrogen) atoms. The molecule has 4 rings (SSSR count). The molecule has 0 amide bonds. The first kappa shape index (κ1) is 20.6. The summed E-state index contributed by atoms with van der Waals surface area (Å²) in [5.74, 6) is -0.973. The van der Waals surface area contributed by atoms with Gasteiger partial charge in [-0.1, -0.05) is 91.0 Å². The van der Waals surface area contributed by atoms with Gasteiger partial charge >= 0.3 is 5.97 Å². The molecule has 0 spiro atoms. The summed E-state index contributed by atoms with van der Waals surface area (Å²) in [5, 5.41) is 13.1. The molecule has 0 saturated carbocycles. The molecule has 1 fully saturated rings. The van der Waals surface area contributed by atoms with Gasteiger partial charge in [-0.25, -0.2) is 0 Å². The van der Waals surface area contributed by atoms with Gasteiger partial charge in [0.05, 0.1) is 11.3 Å². The molecule has 1 aliphatic rings. The van der Waals surface area contributed by atoms with Crippen LogP contribution in [0.1, 0.15) is 40.8 Å². The summed E-state index contributed by atoms with van der Waals surface area (Å²) >= 11 is 0. The van der Waals surface area contributed by atoms with Crippen molar-refractivity contribution in [2.75, 3.05) is 0 Å². The monoisotopic (exact) mass is 419 g/mol. The van der Waals surface area contributed by atoms with E-state index in [9.17, 15) is 14.5 Å². The molecule has 1 heterocycles. The van der Waals surface area contributed by atoms with Gasteiger partial charge in [0.15, 0.2) is 7.29 Å². The van der Waals surface area contributed by atoms with Gasteiger partial charge in [-0.15, -0.1) is 0 Å². The fourth-order valence-corrected chi connectivity index (χ4v) is 8.28. The average Bonchev–Trinajstić information content (AvgIpc) is 3.12. The minimum Gasteiger partial charge on any atom is -0.480 e. The van der Waals surface area contributed by atoms with E-state index in [2.05, 4.69) is 5.09 Å². The van der Waals surface area contributed by atoms with Crippen molar-refractivity contribution in [2.45, 2.75) is 36.6 Å². The van der Waals surface area contributed by atoms with E-state index in [-0.39, 0.29) is 11.3 Å². The van der Waals surface area contributed by atoms with Crippen molar-refractivity contribution in [1.29, 1.82) is 0 Å². The summed E-state index contributed by atoms with van der Waals surface area (Å²) in [6.45, 7) is 0. The molecule has 0 radical (unpaired) electrons. The van der Waals surface area contributed by atoms with Gasteiger partial charge in [-0.3, -0.25) is 9.88 Å². The smallest absolute Gasteiger partial charge is 0.321 e. The van der Waals surface area contributed by atoms with Crippen LogP contribution in [0.25, 0.3) is 0 Å². The second-order valence-corrected chi connectivity index (χ2v) is 10.8. The molecule has 154 valence electrons. The van der Waals surface area contributed by atoms with Crippen LogP contribution in [-0.2, 0) is 15.8 Å². The molecule has 3 aromatic carbocycles. The summed E-state index contributed by atoms with van der Waals surface area (Å²) in [4.78, 5) is 12.1. The highest BCUT2D eigenvalue weighted by Gasteiger charge is 2.49. The van der Waals surface area contributed by atoms with Gasteiger partial charge in [-0.05, 0) is 36.0 Å². The van der Waals surface area contributed by atoms with Crippen LogP contribution in [0.5, 0.6) is 0 Å². The first-order valence-corrected chi connectivity index (χ1v) is 12.2. The third-order valence-corrected chi connectivity index (χ3v) is 9.63. The van der Waals surface area contributed by atoms with E-state index >= 15 is 0 Å². The summed E-state index contributed by atoms with van der Waals surface area (Å²) in [5.41, 5.74) is 2.55. The SMILES string of the molecule is O=C(O)[C@H](Cc1ccccc1)NP1(=O)[C@H](c2ccccc2)CC[C@H]1c1ccccc1. The van der Waals surface area contributed by atoms with Crippen molar-refractivity contribution in [1.82, 2.24) is 5.09 Å². The van der Waals surface area contributed by atoms with E-state index in [4.69, 9.17) is 0 Å². The van der Waals surface area contributed by atoms with Crippen LogP contribution >= 0.6 is 7.29 Å². The predicted octanol–water partition coefficient (Wildman–Crippen LogP) is 5.83. The van der Waals surface area contributed by atoms with Crippen LogP contribution < -0.4 is 5.09 Å². The molecule has 1 saturated heterocycles. The normalized spacial score (nSPS) is 21.2. The Morgan fingerprint density at radius 2 is 1.27 bits per heavy atom. The van der Waals surface area contributed by atoms with Crippen LogP contribution in [0, 0.1) is 0 Å². The number of nitrogens with one attached hydrogen (secondary N) is 1. The van der Waals surface area contributed by atoms with Gasteiger partial charge in [0.1, 0.15) is 6.04 Å². The van der Waals surface area contributed by atoms with Crippen molar-refractivity contribution in [3.8, 4) is 0 Å². The average molecular weight is 419 g/mol. The zero-order chi connectivity index (χ0) is 21.0. The van der Waals surface area contributed by atoms with E-state index in [1.54, 1.807) is 0 Å². The standard InChI is InChI=1S/C25H26NO3P/c27-25(28)22(18-19-10-4-1-5-11-19)26-30(29)23(20-12-6-2-7-13-20)16-17-24(30)21-14-8-3-9-15-21/h1-15,22-24H,16-18H2,(H,26,29)(H,27,28)/t22-,23-,24-/m0/s1. The molecular formula is C25H26NO3P. The molecule has 3 atom stereocenters. The summed E-state index contributed by atoms with van der Waals surface area (Å²) < 4.78 is 14.6. The molecule has 0 aliphatic carbocycles. The Balaban J connectivity index is 1.71. The lowest BCUT2D eigenvalue weighted by Gasteiger charge is -2.30. The molecule has 0 aromatic heterocycles. The minimum absolute atomic E-state index is 0.193. The zero-order valence-electron chi connectivity index (χ0n) is 16.7. The Morgan fingerprint density at radius 3 is 1.70 bits per heavy atom. The molecule has 1 aliphatic heterocycles. The van der Waals surface area contributed by atoms with E-state index in [0.29, 0.717) is 6.42 Å². The summed E-state index contributed by atoms with van der Waals surface area (Å²) in [7, 11) is -3.11. The number of aliphatic carboxylic acids is 1. The van der Waals surface area contributed by atoms with Crippen molar-refractivity contribution < 1.29 is 14.5 Å². The maximum atomic E-state index is 14.6. The zero-order valence-corrected chi connectivity index (χ0v) is 17.6. The van der Waals surface area contributed by atoms with E-state index in [0.717, 1.165) is 29.5 Å². The Kier molecular flexibility index (Phi) is 6.17. The van der Waals surface area contributed by atoms with Crippen LogP contribution in [0.2, 0.25) is 0 Å². The van der Waals surface area contributed by atoms with Gasteiger partial charge in [0, 0.05) is 0 Å². The maximum Gasteiger partial charge on any atom is 0.321 e. The molecular weight excluding hydrogens is 393 g/mol. The van der Waals surface area contributed by atoms with Crippen molar-refractivity contribution >= 4 is 13.3 Å². The van der Waals surface area contributed by atoms with Gasteiger partial charge in [0.25, 0.3) is 0 Å². The van der Waals surface area contributed by atoms with Crippen LogP contribution in [-0.4, -0.2) is 17.1 Å². The minimum atomic E-state index is -3.11. The maximum absolute atomic E-state index is 14.6. The van der Waals surface area contributed by atoms with E-state index in [1.165, 1.54) is 0 Å². The van der Waals surface area contributed by atoms with Crippen LogP contribution in [0.4, 0.5) is 0 Å². The quantitative estimate of drug-likeness (QED) is 0.473. The molecule has 4 nitrogen and oxygen atoms in total. The van der Waals surface area contributed by atoms with Crippen LogP contribution in [0.15, 0.2) is 91.0 Å². The second kappa shape index (κ2) is 8.99. The molecule has 0 unspecified atom stereocenters. The molecule has 3 aromatic rings. The number of carboxylic acid groups (broad SMARTS) is 1. The number of hydrogen-bond acceptors (Lipinski definition) is 2. The fourth-order valence-electron chi connectivity index (χ4n) is 4.50. The predicted molar refractivity (Wildman–Crippen MR) is 120 cm³/mol. The number of carboxylic acids is 1. The molecule has 5 heteroatoms. The molecule has 0 bridgehead atoms. The lowest BCUT2D eigenvalue weighted by atomic mass is 10.0. The first-order chi connectivity index (χ1) is 14.6. The Morgan fingerprint density at radius 1 is 0.833 bits per heavy atom.